The molecular weight excluding hydrogens is 258 g/mol. The van der Waals surface area contributed by atoms with E-state index in [4.69, 9.17) is 4.42 Å². The van der Waals surface area contributed by atoms with Crippen molar-refractivity contribution in [3.05, 3.63) is 41.9 Å². The van der Waals surface area contributed by atoms with Gasteiger partial charge in [-0.25, -0.2) is 9.78 Å². The van der Waals surface area contributed by atoms with E-state index >= 15 is 0 Å². The molecule has 0 spiro atoms. The number of rotatable bonds is 3. The maximum atomic E-state index is 11.4. The lowest BCUT2D eigenvalue weighted by atomic mass is 10.1. The number of ether oxygens (including phenoxy) is 1. The van der Waals surface area contributed by atoms with Crippen molar-refractivity contribution in [3.63, 3.8) is 0 Å². The number of carbonyl (C=O) groups excluding carboxylic acids is 1. The Hall–Kier alpha value is -2.63. The maximum Gasteiger partial charge on any atom is 0.337 e. The van der Waals surface area contributed by atoms with Gasteiger partial charge in [-0.15, -0.1) is 5.10 Å². The lowest BCUT2D eigenvalue weighted by molar-refractivity contribution is 0.0601. The van der Waals surface area contributed by atoms with Crippen molar-refractivity contribution in [1.29, 1.82) is 0 Å². The summed E-state index contributed by atoms with van der Waals surface area (Å²) in [5.41, 5.74) is 1.89. The molecule has 6 heteroatoms. The quantitative estimate of drug-likeness (QED) is 0.684. The monoisotopic (exact) mass is 271 g/mol. The Morgan fingerprint density at radius 3 is 2.75 bits per heavy atom. The van der Waals surface area contributed by atoms with Gasteiger partial charge < -0.3 is 9.15 Å². The van der Waals surface area contributed by atoms with Crippen LogP contribution in [0.4, 0.5) is 0 Å². The van der Waals surface area contributed by atoms with Gasteiger partial charge in [0.1, 0.15) is 5.82 Å². The smallest absolute Gasteiger partial charge is 0.337 e. The first-order valence-corrected chi connectivity index (χ1v) is 6.25. The van der Waals surface area contributed by atoms with Crippen LogP contribution in [0.1, 0.15) is 23.1 Å². The lowest BCUT2D eigenvalue weighted by Crippen LogP contribution is -2.00. The van der Waals surface area contributed by atoms with Crippen LogP contribution >= 0.6 is 0 Å². The molecule has 0 aliphatic heterocycles. The van der Waals surface area contributed by atoms with Crippen molar-refractivity contribution in [2.24, 2.45) is 0 Å². The Morgan fingerprint density at radius 2 is 2.10 bits per heavy atom. The first-order valence-electron chi connectivity index (χ1n) is 6.25. The summed E-state index contributed by atoms with van der Waals surface area (Å²) in [6, 6.07) is 6.91. The van der Waals surface area contributed by atoms with Crippen LogP contribution < -0.4 is 0 Å². The van der Waals surface area contributed by atoms with Crippen molar-refractivity contribution < 1.29 is 13.9 Å². The van der Waals surface area contributed by atoms with Crippen LogP contribution in [0, 0.1) is 0 Å². The number of benzene rings is 1. The summed E-state index contributed by atoms with van der Waals surface area (Å²) in [6.45, 7) is 2.01. The van der Waals surface area contributed by atoms with Gasteiger partial charge >= 0.3 is 5.97 Å². The average Bonchev–Trinajstić information content (AvgIpc) is 3.06. The van der Waals surface area contributed by atoms with Gasteiger partial charge in [0.2, 0.25) is 11.6 Å². The van der Waals surface area contributed by atoms with Crippen LogP contribution in [0.25, 0.3) is 17.2 Å². The zero-order valence-corrected chi connectivity index (χ0v) is 11.2. The molecule has 0 atom stereocenters. The van der Waals surface area contributed by atoms with Crippen molar-refractivity contribution >= 4 is 11.7 Å². The summed E-state index contributed by atoms with van der Waals surface area (Å²) in [4.78, 5) is 15.6. The minimum atomic E-state index is -0.366. The second kappa shape index (κ2) is 4.80. The molecular formula is C14H13N3O3. The second-order valence-corrected chi connectivity index (χ2v) is 4.25. The highest BCUT2D eigenvalue weighted by Crippen LogP contribution is 2.21. The number of imidazole rings is 1. The van der Waals surface area contributed by atoms with Gasteiger partial charge in [0.25, 0.3) is 0 Å². The standard InChI is InChI=1S/C14H13N3O3/c1-3-11-15-8-12-17(11)16-13(20-12)9-4-6-10(7-5-9)14(18)19-2/h4-8H,3H2,1-2H3. The van der Waals surface area contributed by atoms with E-state index in [-0.39, 0.29) is 5.97 Å². The number of aromatic nitrogens is 3. The minimum absolute atomic E-state index is 0.366. The molecule has 0 amide bonds. The molecule has 0 aliphatic rings. The Kier molecular flexibility index (Phi) is 2.98. The molecule has 3 aromatic rings. The van der Waals surface area contributed by atoms with Gasteiger partial charge in [0, 0.05) is 12.0 Å². The SMILES string of the molecule is CCc1ncc2oc(-c3ccc(C(=O)OC)cc3)nn12. The fourth-order valence-electron chi connectivity index (χ4n) is 1.98. The molecule has 0 radical (unpaired) electrons. The van der Waals surface area contributed by atoms with E-state index in [2.05, 4.69) is 14.8 Å². The molecule has 2 heterocycles. The van der Waals surface area contributed by atoms with E-state index < -0.39 is 0 Å². The van der Waals surface area contributed by atoms with Crippen LogP contribution in [-0.4, -0.2) is 27.7 Å². The molecule has 3 rings (SSSR count). The number of aryl methyl sites for hydroxylation is 1. The Labute approximate surface area is 115 Å². The first kappa shape index (κ1) is 12.4. The molecule has 102 valence electrons. The second-order valence-electron chi connectivity index (χ2n) is 4.25. The highest BCUT2D eigenvalue weighted by atomic mass is 16.5. The van der Waals surface area contributed by atoms with Crippen molar-refractivity contribution in [2.45, 2.75) is 13.3 Å². The Bertz CT molecular complexity index is 756. The fourth-order valence-corrected chi connectivity index (χ4v) is 1.98. The number of esters is 1. The van der Waals surface area contributed by atoms with Gasteiger partial charge in [-0.2, -0.15) is 4.52 Å². The van der Waals surface area contributed by atoms with Gasteiger partial charge in [0.05, 0.1) is 18.9 Å². The minimum Gasteiger partial charge on any atom is -0.465 e. The fraction of sp³-hybridized carbons (Fsp3) is 0.214. The summed E-state index contributed by atoms with van der Waals surface area (Å²) in [6.07, 6.45) is 2.43. The third kappa shape index (κ3) is 1.95. The summed E-state index contributed by atoms with van der Waals surface area (Å²) < 4.78 is 12.0. The Morgan fingerprint density at radius 1 is 1.35 bits per heavy atom. The normalized spacial score (nSPS) is 10.9. The molecule has 0 saturated carbocycles. The van der Waals surface area contributed by atoms with E-state index in [9.17, 15) is 4.79 Å². The zero-order chi connectivity index (χ0) is 14.1. The van der Waals surface area contributed by atoms with Crippen LogP contribution in [-0.2, 0) is 11.2 Å². The average molecular weight is 271 g/mol. The molecule has 2 aromatic heterocycles. The molecule has 20 heavy (non-hydrogen) atoms. The van der Waals surface area contributed by atoms with Crippen LogP contribution in [0.2, 0.25) is 0 Å². The molecule has 0 saturated heterocycles. The highest BCUT2D eigenvalue weighted by Gasteiger charge is 2.12. The summed E-state index contributed by atoms with van der Waals surface area (Å²) in [7, 11) is 1.35. The molecule has 6 nitrogen and oxygen atoms in total. The van der Waals surface area contributed by atoms with Gasteiger partial charge in [-0.1, -0.05) is 6.92 Å². The number of hydrogen-bond donors (Lipinski definition) is 0. The third-order valence-corrected chi connectivity index (χ3v) is 3.04. The van der Waals surface area contributed by atoms with Gasteiger partial charge in [0.15, 0.2) is 0 Å². The Balaban J connectivity index is 1.98. The van der Waals surface area contributed by atoms with E-state index in [0.717, 1.165) is 17.8 Å². The maximum absolute atomic E-state index is 11.4. The van der Waals surface area contributed by atoms with E-state index in [1.165, 1.54) is 7.11 Å². The highest BCUT2D eigenvalue weighted by molar-refractivity contribution is 5.89. The molecule has 0 N–H and O–H groups in total. The van der Waals surface area contributed by atoms with Crippen LogP contribution in [0.15, 0.2) is 34.9 Å². The van der Waals surface area contributed by atoms with Gasteiger partial charge in [-0.05, 0) is 24.3 Å². The van der Waals surface area contributed by atoms with Crippen molar-refractivity contribution in [3.8, 4) is 11.5 Å². The first-order chi connectivity index (χ1) is 9.72. The largest absolute Gasteiger partial charge is 0.465 e. The van der Waals surface area contributed by atoms with E-state index in [1.807, 2.05) is 6.92 Å². The van der Waals surface area contributed by atoms with E-state index in [0.29, 0.717) is 17.2 Å². The number of carbonyl (C=O) groups is 1. The molecule has 0 fully saturated rings. The number of nitrogens with zero attached hydrogens (tertiary/aromatic N) is 3. The van der Waals surface area contributed by atoms with Crippen LogP contribution in [0.3, 0.4) is 0 Å². The molecule has 0 aliphatic carbocycles. The summed E-state index contributed by atoms with van der Waals surface area (Å²) >= 11 is 0. The van der Waals surface area contributed by atoms with Crippen molar-refractivity contribution in [2.75, 3.05) is 7.11 Å². The van der Waals surface area contributed by atoms with Crippen LogP contribution in [0.5, 0.6) is 0 Å². The topological polar surface area (TPSA) is 69.6 Å². The number of hydrogen-bond acceptors (Lipinski definition) is 5. The molecule has 0 bridgehead atoms. The zero-order valence-electron chi connectivity index (χ0n) is 11.2. The number of methoxy groups -OCH3 is 1. The molecule has 0 unspecified atom stereocenters. The summed E-state index contributed by atoms with van der Waals surface area (Å²) in [5, 5.41) is 4.38. The van der Waals surface area contributed by atoms with Gasteiger partial charge in [-0.3, -0.25) is 0 Å². The predicted octanol–water partition coefficient (Wildman–Crippen LogP) is 2.34. The van der Waals surface area contributed by atoms with Crippen molar-refractivity contribution in [1.82, 2.24) is 14.6 Å². The van der Waals surface area contributed by atoms with E-state index in [1.54, 1.807) is 35.0 Å². The molecule has 1 aromatic carbocycles. The summed E-state index contributed by atoms with van der Waals surface area (Å²) in [5.74, 6) is 0.976. The third-order valence-electron chi connectivity index (χ3n) is 3.04. The number of fused-ring (bicyclic) bond motifs is 1. The lowest BCUT2D eigenvalue weighted by Gasteiger charge is -1.99. The predicted molar refractivity (Wildman–Crippen MR) is 71.4 cm³/mol.